The molecule has 0 spiro atoms. The van der Waals surface area contributed by atoms with E-state index >= 15 is 0 Å². The number of carbonyl (C=O) groups is 1. The number of hydrogen-bond acceptors (Lipinski definition) is 4. The number of H-pyrrole nitrogens is 1. The van der Waals surface area contributed by atoms with Crippen molar-refractivity contribution in [2.24, 2.45) is 0 Å². The standard InChI is InChI=1S/C12H18N4O2/c17-11-10(2-1-3-14-11)12(18)15-6-9-16-7-4-13-5-8-16/h1-3,13H,4-9H2,(H,14,17)(H,15,18). The summed E-state index contributed by atoms with van der Waals surface area (Å²) in [5.41, 5.74) is -0.185. The molecule has 98 valence electrons. The number of carbonyl (C=O) groups excluding carboxylic acids is 1. The van der Waals surface area contributed by atoms with E-state index in [0.717, 1.165) is 32.7 Å². The Morgan fingerprint density at radius 3 is 2.89 bits per heavy atom. The molecule has 1 aliphatic rings. The van der Waals surface area contributed by atoms with Crippen LogP contribution in [0.1, 0.15) is 10.4 Å². The molecule has 0 atom stereocenters. The van der Waals surface area contributed by atoms with E-state index in [-0.39, 0.29) is 17.0 Å². The van der Waals surface area contributed by atoms with Gasteiger partial charge in [-0.1, -0.05) is 0 Å². The van der Waals surface area contributed by atoms with Crippen LogP contribution < -0.4 is 16.2 Å². The molecule has 6 nitrogen and oxygen atoms in total. The minimum absolute atomic E-state index is 0.165. The molecule has 1 aromatic rings. The highest BCUT2D eigenvalue weighted by molar-refractivity contribution is 5.93. The van der Waals surface area contributed by atoms with Gasteiger partial charge >= 0.3 is 0 Å². The second-order valence-corrected chi connectivity index (χ2v) is 4.26. The fraction of sp³-hybridized carbons (Fsp3) is 0.500. The highest BCUT2D eigenvalue weighted by Crippen LogP contribution is 1.92. The van der Waals surface area contributed by atoms with Crippen LogP contribution in [-0.2, 0) is 0 Å². The van der Waals surface area contributed by atoms with Crippen LogP contribution in [-0.4, -0.2) is 55.1 Å². The second kappa shape index (κ2) is 6.32. The largest absolute Gasteiger partial charge is 0.351 e. The molecule has 0 unspecified atom stereocenters. The normalized spacial score (nSPS) is 16.4. The Balaban J connectivity index is 1.78. The molecule has 0 aliphatic carbocycles. The molecule has 2 rings (SSSR count). The molecule has 0 aromatic carbocycles. The maximum Gasteiger partial charge on any atom is 0.260 e. The van der Waals surface area contributed by atoms with Crippen LogP contribution in [0.2, 0.25) is 0 Å². The van der Waals surface area contributed by atoms with Gasteiger partial charge in [0.1, 0.15) is 5.56 Å². The number of aromatic nitrogens is 1. The number of rotatable bonds is 4. The van der Waals surface area contributed by atoms with Gasteiger partial charge in [0.2, 0.25) is 0 Å². The van der Waals surface area contributed by atoms with Gasteiger partial charge in [0.25, 0.3) is 11.5 Å². The average Bonchev–Trinajstić information content (AvgIpc) is 2.40. The van der Waals surface area contributed by atoms with Gasteiger partial charge < -0.3 is 15.6 Å². The SMILES string of the molecule is O=C(NCCN1CCNCC1)c1ccc[nH]c1=O. The highest BCUT2D eigenvalue weighted by atomic mass is 16.2. The third kappa shape index (κ3) is 3.41. The van der Waals surface area contributed by atoms with Crippen molar-refractivity contribution in [2.45, 2.75) is 0 Å². The average molecular weight is 250 g/mol. The maximum atomic E-state index is 11.7. The summed E-state index contributed by atoms with van der Waals surface area (Å²) in [6, 6.07) is 3.17. The third-order valence-electron chi connectivity index (χ3n) is 2.99. The van der Waals surface area contributed by atoms with Gasteiger partial charge in [0, 0.05) is 45.5 Å². The Kier molecular flexibility index (Phi) is 4.49. The first-order valence-corrected chi connectivity index (χ1v) is 6.16. The first kappa shape index (κ1) is 12.8. The smallest absolute Gasteiger partial charge is 0.260 e. The fourth-order valence-electron chi connectivity index (χ4n) is 1.96. The van der Waals surface area contributed by atoms with Gasteiger partial charge in [-0.25, -0.2) is 0 Å². The molecular formula is C12H18N4O2. The van der Waals surface area contributed by atoms with E-state index in [1.54, 1.807) is 6.07 Å². The van der Waals surface area contributed by atoms with E-state index in [0.29, 0.717) is 6.54 Å². The van der Waals surface area contributed by atoms with Crippen LogP contribution in [0.25, 0.3) is 0 Å². The van der Waals surface area contributed by atoms with Crippen molar-refractivity contribution < 1.29 is 4.79 Å². The van der Waals surface area contributed by atoms with E-state index < -0.39 is 0 Å². The number of nitrogens with zero attached hydrogens (tertiary/aromatic N) is 1. The number of nitrogens with one attached hydrogen (secondary N) is 3. The number of hydrogen-bond donors (Lipinski definition) is 3. The van der Waals surface area contributed by atoms with Crippen LogP contribution in [0.15, 0.2) is 23.1 Å². The Morgan fingerprint density at radius 1 is 1.39 bits per heavy atom. The minimum Gasteiger partial charge on any atom is -0.351 e. The lowest BCUT2D eigenvalue weighted by Gasteiger charge is -2.27. The number of pyridine rings is 1. The highest BCUT2D eigenvalue weighted by Gasteiger charge is 2.11. The molecule has 18 heavy (non-hydrogen) atoms. The van der Waals surface area contributed by atoms with Crippen molar-refractivity contribution in [2.75, 3.05) is 39.3 Å². The lowest BCUT2D eigenvalue weighted by molar-refractivity contribution is 0.0945. The van der Waals surface area contributed by atoms with Crippen molar-refractivity contribution in [3.63, 3.8) is 0 Å². The number of piperazine rings is 1. The molecule has 1 amide bonds. The van der Waals surface area contributed by atoms with Crippen molar-refractivity contribution in [3.05, 3.63) is 34.2 Å². The molecule has 1 saturated heterocycles. The summed E-state index contributed by atoms with van der Waals surface area (Å²) in [6.07, 6.45) is 1.51. The van der Waals surface area contributed by atoms with Crippen LogP contribution in [0.5, 0.6) is 0 Å². The van der Waals surface area contributed by atoms with Crippen LogP contribution >= 0.6 is 0 Å². The molecule has 0 saturated carbocycles. The Labute approximate surface area is 105 Å². The van der Waals surface area contributed by atoms with Crippen molar-refractivity contribution in [1.29, 1.82) is 0 Å². The quantitative estimate of drug-likeness (QED) is 0.641. The van der Waals surface area contributed by atoms with Gasteiger partial charge in [-0.3, -0.25) is 14.5 Å². The molecule has 0 radical (unpaired) electrons. The zero-order valence-corrected chi connectivity index (χ0v) is 10.2. The maximum absolute atomic E-state index is 11.7. The van der Waals surface area contributed by atoms with Crippen molar-refractivity contribution in [3.8, 4) is 0 Å². The zero-order valence-electron chi connectivity index (χ0n) is 10.2. The summed E-state index contributed by atoms with van der Waals surface area (Å²) in [6.45, 7) is 5.37. The summed E-state index contributed by atoms with van der Waals surface area (Å²) < 4.78 is 0. The van der Waals surface area contributed by atoms with Gasteiger partial charge in [-0.05, 0) is 12.1 Å². The molecule has 3 N–H and O–H groups in total. The summed E-state index contributed by atoms with van der Waals surface area (Å²) in [5, 5.41) is 6.04. The zero-order chi connectivity index (χ0) is 12.8. The predicted molar refractivity (Wildman–Crippen MR) is 68.7 cm³/mol. The van der Waals surface area contributed by atoms with Gasteiger partial charge in [0.05, 0.1) is 0 Å². The Hall–Kier alpha value is -1.66. The summed E-state index contributed by atoms with van der Waals surface area (Å²) in [7, 11) is 0. The van der Waals surface area contributed by atoms with Crippen molar-refractivity contribution in [1.82, 2.24) is 20.5 Å². The van der Waals surface area contributed by atoms with E-state index in [1.807, 2.05) is 0 Å². The number of amides is 1. The monoisotopic (exact) mass is 250 g/mol. The van der Waals surface area contributed by atoms with Crippen LogP contribution in [0.4, 0.5) is 0 Å². The fourth-order valence-corrected chi connectivity index (χ4v) is 1.96. The van der Waals surface area contributed by atoms with E-state index in [9.17, 15) is 9.59 Å². The molecule has 1 aliphatic heterocycles. The number of aromatic amines is 1. The lowest BCUT2D eigenvalue weighted by atomic mass is 10.2. The summed E-state index contributed by atoms with van der Waals surface area (Å²) in [4.78, 5) is 27.9. The minimum atomic E-state index is -0.350. The third-order valence-corrected chi connectivity index (χ3v) is 2.99. The molecular weight excluding hydrogens is 232 g/mol. The van der Waals surface area contributed by atoms with Crippen LogP contribution in [0.3, 0.4) is 0 Å². The predicted octanol–water partition coefficient (Wildman–Crippen LogP) is -0.990. The molecule has 2 heterocycles. The molecule has 6 heteroatoms. The van der Waals surface area contributed by atoms with Crippen LogP contribution in [0, 0.1) is 0 Å². The lowest BCUT2D eigenvalue weighted by Crippen LogP contribution is -2.46. The molecule has 1 fully saturated rings. The first-order valence-electron chi connectivity index (χ1n) is 6.16. The Bertz CT molecular complexity index is 451. The van der Waals surface area contributed by atoms with Crippen molar-refractivity contribution >= 4 is 5.91 Å². The van der Waals surface area contributed by atoms with E-state index in [4.69, 9.17) is 0 Å². The van der Waals surface area contributed by atoms with E-state index in [2.05, 4.69) is 20.5 Å². The second-order valence-electron chi connectivity index (χ2n) is 4.26. The van der Waals surface area contributed by atoms with Gasteiger partial charge in [-0.15, -0.1) is 0 Å². The summed E-state index contributed by atoms with van der Waals surface area (Å²) in [5.74, 6) is -0.313. The summed E-state index contributed by atoms with van der Waals surface area (Å²) >= 11 is 0. The molecule has 0 bridgehead atoms. The Morgan fingerprint density at radius 2 is 2.17 bits per heavy atom. The topological polar surface area (TPSA) is 77.2 Å². The van der Waals surface area contributed by atoms with Gasteiger partial charge in [-0.2, -0.15) is 0 Å². The molecule has 1 aromatic heterocycles. The first-order chi connectivity index (χ1) is 8.77. The van der Waals surface area contributed by atoms with E-state index in [1.165, 1.54) is 12.3 Å². The van der Waals surface area contributed by atoms with Gasteiger partial charge in [0.15, 0.2) is 0 Å².